The third kappa shape index (κ3) is 4.98. The molecule has 0 radical (unpaired) electrons. The van der Waals surface area contributed by atoms with Crippen LogP contribution in [0.25, 0.3) is 5.70 Å². The third-order valence-corrected chi connectivity index (χ3v) is 5.83. The number of rotatable bonds is 7. The Kier molecular flexibility index (Phi) is 7.19. The molecule has 9 heteroatoms. The van der Waals surface area contributed by atoms with Crippen molar-refractivity contribution in [1.82, 2.24) is 14.9 Å². The second kappa shape index (κ2) is 9.92. The summed E-state index contributed by atoms with van der Waals surface area (Å²) in [6.45, 7) is 5.52. The van der Waals surface area contributed by atoms with E-state index in [1.54, 1.807) is 60.7 Å². The minimum absolute atomic E-state index is 0.131. The first kappa shape index (κ1) is 25.4. The molecule has 2 aromatic carbocycles. The topological polar surface area (TPSA) is 115 Å². The zero-order chi connectivity index (χ0) is 25.9. The van der Waals surface area contributed by atoms with Crippen molar-refractivity contribution in [2.75, 3.05) is 0 Å². The molecule has 35 heavy (non-hydrogen) atoms. The van der Waals surface area contributed by atoms with Gasteiger partial charge in [0.25, 0.3) is 11.7 Å². The highest BCUT2D eigenvalue weighted by Gasteiger charge is 2.49. The number of carboxylic acids is 1. The van der Waals surface area contributed by atoms with Crippen LogP contribution in [0.4, 0.5) is 0 Å². The largest absolute Gasteiger partial charge is 0.475 e. The van der Waals surface area contributed by atoms with Gasteiger partial charge in [0.05, 0.1) is 5.70 Å². The van der Waals surface area contributed by atoms with E-state index >= 15 is 0 Å². The number of nitrogens with zero attached hydrogens (tertiary/aromatic N) is 3. The molecular formula is C26H27N3O6. The summed E-state index contributed by atoms with van der Waals surface area (Å²) in [5, 5.41) is 11.5. The molecular weight excluding hydrogens is 450 g/mol. The van der Waals surface area contributed by atoms with Gasteiger partial charge in [0, 0.05) is 32.0 Å². The quantitative estimate of drug-likeness (QED) is 0.613. The molecule has 2 aromatic rings. The normalized spacial score (nSPS) is 15.8. The molecule has 0 unspecified atom stereocenters. The van der Waals surface area contributed by atoms with E-state index in [0.29, 0.717) is 11.1 Å². The molecule has 0 aromatic heterocycles. The second-order valence-corrected chi connectivity index (χ2v) is 8.68. The Bertz CT molecular complexity index is 1190. The molecule has 1 heterocycles. The highest BCUT2D eigenvalue weighted by Crippen LogP contribution is 2.35. The monoisotopic (exact) mass is 477 g/mol. The average molecular weight is 478 g/mol. The number of aliphatic carboxylic acids is 1. The molecule has 3 amide bonds. The number of hydrogen-bond acceptors (Lipinski definition) is 5. The van der Waals surface area contributed by atoms with Crippen LogP contribution >= 0.6 is 0 Å². The lowest BCUT2D eigenvalue weighted by atomic mass is 9.96. The fourth-order valence-corrected chi connectivity index (χ4v) is 4.08. The Hall–Kier alpha value is -4.27. The van der Waals surface area contributed by atoms with Gasteiger partial charge in [-0.3, -0.25) is 19.2 Å². The summed E-state index contributed by atoms with van der Waals surface area (Å²) in [6.07, 6.45) is 1.31. The van der Waals surface area contributed by atoms with E-state index < -0.39 is 41.1 Å². The van der Waals surface area contributed by atoms with Gasteiger partial charge in [0.15, 0.2) is 0 Å². The molecule has 0 spiro atoms. The Morgan fingerprint density at radius 3 is 1.97 bits per heavy atom. The Labute approximate surface area is 203 Å². The number of Topliss-reactive ketones (excluding diaryl/α,β-unsaturated/α-hetero) is 1. The summed E-state index contributed by atoms with van der Waals surface area (Å²) >= 11 is 0. The van der Waals surface area contributed by atoms with Crippen molar-refractivity contribution in [3.05, 3.63) is 78.0 Å². The van der Waals surface area contributed by atoms with Crippen LogP contribution in [0.15, 0.2) is 66.9 Å². The number of amides is 3. The molecule has 1 N–H and O–H groups in total. The van der Waals surface area contributed by atoms with Crippen LogP contribution < -0.4 is 0 Å². The third-order valence-electron chi connectivity index (χ3n) is 5.83. The Morgan fingerprint density at radius 1 is 0.943 bits per heavy atom. The van der Waals surface area contributed by atoms with Gasteiger partial charge in [-0.25, -0.2) is 14.8 Å². The lowest BCUT2D eigenvalue weighted by Gasteiger charge is -2.48. The maximum atomic E-state index is 13.9. The predicted octanol–water partition coefficient (Wildman–Crippen LogP) is 2.48. The van der Waals surface area contributed by atoms with Gasteiger partial charge in [-0.05, 0) is 19.4 Å². The number of benzene rings is 2. The maximum absolute atomic E-state index is 13.9. The summed E-state index contributed by atoms with van der Waals surface area (Å²) in [6, 6.07) is 15.7. The molecule has 0 saturated carbocycles. The zero-order valence-corrected chi connectivity index (χ0v) is 20.0. The summed E-state index contributed by atoms with van der Waals surface area (Å²) in [7, 11) is 0. The summed E-state index contributed by atoms with van der Waals surface area (Å²) in [5.74, 6) is -4.73. The van der Waals surface area contributed by atoms with Crippen molar-refractivity contribution in [3.8, 4) is 0 Å². The summed E-state index contributed by atoms with van der Waals surface area (Å²) in [5.41, 5.74) is -0.147. The van der Waals surface area contributed by atoms with Crippen molar-refractivity contribution < 1.29 is 29.1 Å². The Balaban J connectivity index is 2.25. The molecule has 1 aliphatic rings. The lowest BCUT2D eigenvalue weighted by Crippen LogP contribution is -2.66. The van der Waals surface area contributed by atoms with E-state index in [0.717, 1.165) is 16.9 Å². The smallest absolute Gasteiger partial charge is 0.374 e. The first-order valence-electron chi connectivity index (χ1n) is 11.0. The fourth-order valence-electron chi connectivity index (χ4n) is 4.08. The zero-order valence-electron chi connectivity index (χ0n) is 20.0. The van der Waals surface area contributed by atoms with Crippen LogP contribution in [0.5, 0.6) is 0 Å². The van der Waals surface area contributed by atoms with Gasteiger partial charge in [-0.2, -0.15) is 0 Å². The van der Waals surface area contributed by atoms with Crippen LogP contribution in [-0.4, -0.2) is 61.1 Å². The Morgan fingerprint density at radius 2 is 1.49 bits per heavy atom. The van der Waals surface area contributed by atoms with Gasteiger partial charge in [-0.1, -0.05) is 60.7 Å². The summed E-state index contributed by atoms with van der Waals surface area (Å²) in [4.78, 5) is 65.3. The van der Waals surface area contributed by atoms with Crippen LogP contribution in [0.2, 0.25) is 0 Å². The van der Waals surface area contributed by atoms with E-state index in [1.807, 2.05) is 0 Å². The first-order valence-corrected chi connectivity index (χ1v) is 11.0. The van der Waals surface area contributed by atoms with Crippen molar-refractivity contribution in [2.45, 2.75) is 45.7 Å². The molecule has 0 fully saturated rings. The van der Waals surface area contributed by atoms with Crippen LogP contribution in [0.1, 0.15) is 38.8 Å². The van der Waals surface area contributed by atoms with Crippen molar-refractivity contribution in [3.63, 3.8) is 0 Å². The minimum Gasteiger partial charge on any atom is -0.475 e. The van der Waals surface area contributed by atoms with Crippen molar-refractivity contribution in [1.29, 1.82) is 0 Å². The van der Waals surface area contributed by atoms with Crippen LogP contribution in [0.3, 0.4) is 0 Å². The summed E-state index contributed by atoms with van der Waals surface area (Å²) < 4.78 is 0. The van der Waals surface area contributed by atoms with Gasteiger partial charge in [-0.15, -0.1) is 0 Å². The van der Waals surface area contributed by atoms with Crippen molar-refractivity contribution in [2.24, 2.45) is 0 Å². The van der Waals surface area contributed by atoms with E-state index in [2.05, 4.69) is 0 Å². The number of carbonyl (C=O) groups excluding carboxylic acids is 4. The van der Waals surface area contributed by atoms with Gasteiger partial charge < -0.3 is 10.0 Å². The van der Waals surface area contributed by atoms with Gasteiger partial charge in [0.2, 0.25) is 11.8 Å². The number of carboxylic acid groups (broad SMARTS) is 1. The number of hydrazine groups is 1. The molecule has 3 rings (SSSR count). The molecule has 1 aliphatic heterocycles. The minimum atomic E-state index is -1.73. The number of carbonyl (C=O) groups is 5. The second-order valence-electron chi connectivity index (χ2n) is 8.68. The number of hydrogen-bond donors (Lipinski definition) is 1. The van der Waals surface area contributed by atoms with Gasteiger partial charge in [0.1, 0.15) is 11.6 Å². The van der Waals surface area contributed by atoms with E-state index in [4.69, 9.17) is 0 Å². The van der Waals surface area contributed by atoms with E-state index in [1.165, 1.54) is 31.9 Å². The molecule has 9 nitrogen and oxygen atoms in total. The standard InChI is InChI=1S/C26H27N3O6/c1-17(30)27-16-22(20-13-9-6-10-14-20)29(25(35)26(27,3)4)28(18(2)31)21(23(32)24(33)34)15-19-11-7-5-8-12-19/h5-14,16,21H,15H2,1-4H3,(H,33,34)/t21-/m0/s1. The van der Waals surface area contributed by atoms with E-state index in [-0.39, 0.29) is 12.1 Å². The molecule has 0 saturated heterocycles. The lowest BCUT2D eigenvalue weighted by molar-refractivity contribution is -0.173. The van der Waals surface area contributed by atoms with Gasteiger partial charge >= 0.3 is 5.97 Å². The fraction of sp³-hybridized carbons (Fsp3) is 0.269. The SMILES string of the molecule is CC(=O)N([C@@H](Cc1ccccc1)C(=O)C(=O)O)N1C(=O)C(C)(C)N(C(C)=O)C=C1c1ccccc1. The highest BCUT2D eigenvalue weighted by molar-refractivity contribution is 6.35. The highest BCUT2D eigenvalue weighted by atomic mass is 16.4. The molecule has 0 bridgehead atoms. The molecule has 182 valence electrons. The number of ketones is 1. The van der Waals surface area contributed by atoms with Crippen LogP contribution in [-0.2, 0) is 30.4 Å². The van der Waals surface area contributed by atoms with Crippen LogP contribution in [0, 0.1) is 0 Å². The molecule has 1 atom stereocenters. The van der Waals surface area contributed by atoms with Crippen molar-refractivity contribution >= 4 is 35.2 Å². The molecule has 0 aliphatic carbocycles. The maximum Gasteiger partial charge on any atom is 0.374 e. The first-order chi connectivity index (χ1) is 16.5. The predicted molar refractivity (Wildman–Crippen MR) is 127 cm³/mol. The average Bonchev–Trinajstić information content (AvgIpc) is 2.81. The van der Waals surface area contributed by atoms with E-state index in [9.17, 15) is 29.1 Å².